The Hall–Kier alpha value is -2.42. The lowest BCUT2D eigenvalue weighted by Crippen LogP contribution is -2.43. The van der Waals surface area contributed by atoms with Crippen molar-refractivity contribution < 1.29 is 9.63 Å². The van der Waals surface area contributed by atoms with Crippen LogP contribution in [0.4, 0.5) is 0 Å². The van der Waals surface area contributed by atoms with Crippen molar-refractivity contribution in [3.8, 4) is 0 Å². The summed E-state index contributed by atoms with van der Waals surface area (Å²) in [7, 11) is 3.13. The molecule has 9 heteroatoms. The van der Waals surface area contributed by atoms with Crippen molar-refractivity contribution in [3.63, 3.8) is 0 Å². The van der Waals surface area contributed by atoms with Gasteiger partial charge >= 0.3 is 0 Å². The number of carbonyl (C=O) groups is 1. The highest BCUT2D eigenvalue weighted by Gasteiger charge is 2.42. The maximum atomic E-state index is 12.0. The van der Waals surface area contributed by atoms with E-state index < -0.39 is 0 Å². The van der Waals surface area contributed by atoms with Crippen molar-refractivity contribution in [2.24, 2.45) is 15.3 Å². The van der Waals surface area contributed by atoms with Crippen LogP contribution in [0.2, 0.25) is 0 Å². The SMILES string of the molecule is CCCC1=NC2=C3N=NNN3C(C)=C(C)C2N1CCCC(=O)N(C)OC. The van der Waals surface area contributed by atoms with Gasteiger partial charge in [0.2, 0.25) is 11.7 Å². The van der Waals surface area contributed by atoms with Crippen LogP contribution in [-0.4, -0.2) is 53.5 Å². The Kier molecular flexibility index (Phi) is 5.26. The van der Waals surface area contributed by atoms with Crippen LogP contribution in [0.1, 0.15) is 46.5 Å². The topological polar surface area (TPSA) is 85.1 Å². The number of allylic oxidation sites excluding steroid dienone is 1. The van der Waals surface area contributed by atoms with Crippen LogP contribution in [0.15, 0.2) is 38.1 Å². The first-order valence-electron chi connectivity index (χ1n) is 9.02. The predicted octanol–water partition coefficient (Wildman–Crippen LogP) is 2.33. The fourth-order valence-electron chi connectivity index (χ4n) is 3.49. The Balaban J connectivity index is 1.80. The molecule has 0 aromatic heterocycles. The number of carbonyl (C=O) groups excluding carboxylic acids is 1. The zero-order valence-corrected chi connectivity index (χ0v) is 16.1. The van der Waals surface area contributed by atoms with Gasteiger partial charge < -0.3 is 4.90 Å². The molecule has 0 saturated heterocycles. The van der Waals surface area contributed by atoms with Crippen molar-refractivity contribution in [2.45, 2.75) is 52.5 Å². The molecule has 0 spiro atoms. The Bertz CT molecular complexity index is 710. The molecule has 1 unspecified atom stereocenters. The highest BCUT2D eigenvalue weighted by Crippen LogP contribution is 2.39. The number of aliphatic imine (C=N–C) groups is 1. The van der Waals surface area contributed by atoms with Crippen molar-refractivity contribution >= 4 is 11.7 Å². The molecule has 1 amide bonds. The molecule has 0 aromatic carbocycles. The summed E-state index contributed by atoms with van der Waals surface area (Å²) in [6.07, 6.45) is 3.09. The second kappa shape index (κ2) is 7.45. The van der Waals surface area contributed by atoms with Crippen LogP contribution in [0.5, 0.6) is 0 Å². The number of hydrogen-bond acceptors (Lipinski definition) is 8. The van der Waals surface area contributed by atoms with E-state index in [1.165, 1.54) is 17.7 Å². The van der Waals surface area contributed by atoms with Crippen LogP contribution >= 0.6 is 0 Å². The van der Waals surface area contributed by atoms with Gasteiger partial charge in [0.1, 0.15) is 11.5 Å². The number of fused-ring (bicyclic) bond motifs is 2. The van der Waals surface area contributed by atoms with Crippen molar-refractivity contribution in [2.75, 3.05) is 20.7 Å². The van der Waals surface area contributed by atoms with E-state index in [2.05, 4.69) is 41.5 Å². The standard InChI is InChI=1S/C17H27N7O2/c1-6-8-13-18-15-16(11(2)12(3)24-17(15)19-20-21-24)23(13)10-7-9-14(25)22(4)26-5/h16H,6-10H2,1-5H3,(H,19,21). The van der Waals surface area contributed by atoms with Gasteiger partial charge in [-0.2, -0.15) is 5.53 Å². The Morgan fingerprint density at radius 3 is 2.85 bits per heavy atom. The molecule has 0 aromatic rings. The van der Waals surface area contributed by atoms with E-state index in [0.717, 1.165) is 48.9 Å². The van der Waals surface area contributed by atoms with Gasteiger partial charge in [0.25, 0.3) is 0 Å². The normalized spacial score (nSPS) is 21.1. The summed E-state index contributed by atoms with van der Waals surface area (Å²) in [5, 5.41) is 11.3. The first kappa shape index (κ1) is 18.4. The van der Waals surface area contributed by atoms with E-state index in [1.807, 2.05) is 5.01 Å². The van der Waals surface area contributed by atoms with E-state index in [4.69, 9.17) is 9.83 Å². The number of amidine groups is 1. The fraction of sp³-hybridized carbons (Fsp3) is 0.647. The van der Waals surface area contributed by atoms with Gasteiger partial charge in [0, 0.05) is 32.1 Å². The number of nitrogens with zero attached hydrogens (tertiary/aromatic N) is 6. The maximum Gasteiger partial charge on any atom is 0.245 e. The minimum absolute atomic E-state index is 0.0219. The predicted molar refractivity (Wildman–Crippen MR) is 97.1 cm³/mol. The van der Waals surface area contributed by atoms with Gasteiger partial charge in [-0.3, -0.25) is 9.63 Å². The van der Waals surface area contributed by atoms with E-state index in [9.17, 15) is 4.79 Å². The van der Waals surface area contributed by atoms with Crippen molar-refractivity contribution in [1.29, 1.82) is 0 Å². The van der Waals surface area contributed by atoms with E-state index in [-0.39, 0.29) is 11.9 Å². The smallest absolute Gasteiger partial charge is 0.245 e. The molecule has 0 saturated carbocycles. The minimum Gasteiger partial charge on any atom is -0.347 e. The molecule has 1 atom stereocenters. The first-order valence-corrected chi connectivity index (χ1v) is 9.02. The molecule has 3 heterocycles. The average Bonchev–Trinajstić information content (AvgIpc) is 3.24. The Labute approximate surface area is 154 Å². The molecule has 3 aliphatic heterocycles. The van der Waals surface area contributed by atoms with Crippen LogP contribution in [0, 0.1) is 0 Å². The summed E-state index contributed by atoms with van der Waals surface area (Å²) < 4.78 is 0. The lowest BCUT2D eigenvalue weighted by molar-refractivity contribution is -0.168. The lowest BCUT2D eigenvalue weighted by Gasteiger charge is -2.35. The highest BCUT2D eigenvalue weighted by molar-refractivity contribution is 5.87. The first-order chi connectivity index (χ1) is 12.5. The van der Waals surface area contributed by atoms with E-state index in [0.29, 0.717) is 6.42 Å². The summed E-state index contributed by atoms with van der Waals surface area (Å²) in [4.78, 5) is 24.2. The van der Waals surface area contributed by atoms with Gasteiger partial charge in [-0.1, -0.05) is 12.1 Å². The number of amides is 1. The zero-order valence-electron chi connectivity index (χ0n) is 16.1. The molecule has 3 rings (SSSR count). The Morgan fingerprint density at radius 2 is 2.15 bits per heavy atom. The third-order valence-electron chi connectivity index (χ3n) is 5.09. The number of hydroxylamine groups is 2. The molecule has 1 N–H and O–H groups in total. The van der Waals surface area contributed by atoms with Gasteiger partial charge in [0.15, 0.2) is 0 Å². The summed E-state index contributed by atoms with van der Waals surface area (Å²) in [5.41, 5.74) is 6.16. The van der Waals surface area contributed by atoms with Crippen LogP contribution in [0.3, 0.4) is 0 Å². The second-order valence-corrected chi connectivity index (χ2v) is 6.66. The van der Waals surface area contributed by atoms with E-state index >= 15 is 0 Å². The third-order valence-corrected chi connectivity index (χ3v) is 5.09. The Morgan fingerprint density at radius 1 is 1.38 bits per heavy atom. The largest absolute Gasteiger partial charge is 0.347 e. The third kappa shape index (κ3) is 3.07. The van der Waals surface area contributed by atoms with E-state index in [1.54, 1.807) is 7.05 Å². The zero-order chi connectivity index (χ0) is 18.8. The number of hydrogen-bond donors (Lipinski definition) is 1. The molecular formula is C17H27N7O2. The van der Waals surface area contributed by atoms with Crippen molar-refractivity contribution in [1.82, 2.24) is 20.5 Å². The van der Waals surface area contributed by atoms with Crippen LogP contribution in [0.25, 0.3) is 0 Å². The summed E-state index contributed by atoms with van der Waals surface area (Å²) in [6.45, 7) is 7.09. The van der Waals surface area contributed by atoms with Crippen LogP contribution < -0.4 is 5.53 Å². The molecule has 0 radical (unpaired) electrons. The molecule has 0 aliphatic carbocycles. The van der Waals surface area contributed by atoms with Gasteiger partial charge in [-0.25, -0.2) is 15.1 Å². The monoisotopic (exact) mass is 361 g/mol. The minimum atomic E-state index is -0.0219. The number of rotatable bonds is 7. The lowest BCUT2D eigenvalue weighted by atomic mass is 9.99. The summed E-state index contributed by atoms with van der Waals surface area (Å²) >= 11 is 0. The number of hydrazine groups is 1. The quantitative estimate of drug-likeness (QED) is 0.704. The van der Waals surface area contributed by atoms with Gasteiger partial charge in [-0.15, -0.1) is 5.11 Å². The molecule has 0 fully saturated rings. The molecule has 9 nitrogen and oxygen atoms in total. The highest BCUT2D eigenvalue weighted by atomic mass is 16.7. The molecule has 3 aliphatic rings. The van der Waals surface area contributed by atoms with Gasteiger partial charge in [0.05, 0.1) is 13.2 Å². The molecule has 0 bridgehead atoms. The molecule has 26 heavy (non-hydrogen) atoms. The summed E-state index contributed by atoms with van der Waals surface area (Å²) in [6, 6.07) is 0.0666. The second-order valence-electron chi connectivity index (χ2n) is 6.66. The summed E-state index contributed by atoms with van der Waals surface area (Å²) in [5.74, 6) is 1.80. The fourth-order valence-corrected chi connectivity index (χ4v) is 3.49. The molecular weight excluding hydrogens is 334 g/mol. The number of nitrogens with one attached hydrogen (secondary N) is 1. The van der Waals surface area contributed by atoms with Crippen molar-refractivity contribution in [3.05, 3.63) is 22.8 Å². The van der Waals surface area contributed by atoms with Crippen LogP contribution in [-0.2, 0) is 9.63 Å². The molecule has 142 valence electrons. The maximum absolute atomic E-state index is 12.0. The average molecular weight is 361 g/mol. The van der Waals surface area contributed by atoms with Gasteiger partial charge in [-0.05, 0) is 32.3 Å².